The summed E-state index contributed by atoms with van der Waals surface area (Å²) in [7, 11) is 0. The van der Waals surface area contributed by atoms with Crippen LogP contribution in [0.1, 0.15) is 246 Å². The van der Waals surface area contributed by atoms with Crippen molar-refractivity contribution in [2.75, 3.05) is 13.2 Å². The molecule has 51 heavy (non-hydrogen) atoms. The van der Waals surface area contributed by atoms with Gasteiger partial charge in [0.2, 0.25) is 0 Å². The van der Waals surface area contributed by atoms with Crippen LogP contribution in [0.2, 0.25) is 0 Å². The monoisotopic (exact) mass is 723 g/mol. The third-order valence-corrected chi connectivity index (χ3v) is 10.4. The van der Waals surface area contributed by atoms with Crippen molar-refractivity contribution in [2.45, 2.75) is 252 Å². The molecular formula is C45H86O6. The van der Waals surface area contributed by atoms with Crippen LogP contribution in [0.25, 0.3) is 0 Å². The van der Waals surface area contributed by atoms with Gasteiger partial charge in [-0.15, -0.1) is 0 Å². The fourth-order valence-corrected chi connectivity index (χ4v) is 6.59. The van der Waals surface area contributed by atoms with E-state index in [4.69, 9.17) is 14.2 Å². The van der Waals surface area contributed by atoms with Crippen molar-refractivity contribution >= 4 is 17.9 Å². The van der Waals surface area contributed by atoms with Crippen LogP contribution < -0.4 is 0 Å². The Bertz CT molecular complexity index is 768. The molecule has 0 aromatic carbocycles. The third-order valence-electron chi connectivity index (χ3n) is 10.4. The summed E-state index contributed by atoms with van der Waals surface area (Å²) in [5, 5.41) is 0. The van der Waals surface area contributed by atoms with Crippen molar-refractivity contribution in [3.63, 3.8) is 0 Å². The van der Waals surface area contributed by atoms with E-state index in [1.807, 2.05) is 0 Å². The van der Waals surface area contributed by atoms with Gasteiger partial charge in [-0.05, 0) is 25.2 Å². The van der Waals surface area contributed by atoms with Gasteiger partial charge in [0.05, 0.1) is 0 Å². The Morgan fingerprint density at radius 2 is 0.686 bits per heavy atom. The second-order valence-corrected chi connectivity index (χ2v) is 15.6. The summed E-state index contributed by atoms with van der Waals surface area (Å²) in [5.74, 6) is -0.0109. The molecule has 0 heterocycles. The van der Waals surface area contributed by atoms with E-state index in [0.717, 1.165) is 63.7 Å². The molecule has 0 aliphatic rings. The van der Waals surface area contributed by atoms with Crippen molar-refractivity contribution in [3.05, 3.63) is 0 Å². The van der Waals surface area contributed by atoms with Gasteiger partial charge in [0.15, 0.2) is 6.10 Å². The minimum Gasteiger partial charge on any atom is -0.462 e. The Kier molecular flexibility index (Phi) is 38.4. The first kappa shape index (κ1) is 49.4. The lowest BCUT2D eigenvalue weighted by Crippen LogP contribution is -2.30. The lowest BCUT2D eigenvalue weighted by Gasteiger charge is -2.18. The van der Waals surface area contributed by atoms with E-state index in [1.165, 1.54) is 141 Å². The zero-order chi connectivity index (χ0) is 37.5. The average Bonchev–Trinajstić information content (AvgIpc) is 3.13. The fraction of sp³-hybridized carbons (Fsp3) is 0.933. The second-order valence-electron chi connectivity index (χ2n) is 15.6. The van der Waals surface area contributed by atoms with Gasteiger partial charge in [-0.25, -0.2) is 0 Å². The highest BCUT2D eigenvalue weighted by Crippen LogP contribution is 2.16. The van der Waals surface area contributed by atoms with Crippen LogP contribution in [0, 0.1) is 5.92 Å². The first-order valence-corrected chi connectivity index (χ1v) is 22.4. The molecule has 0 spiro atoms. The Balaban J connectivity index is 4.32. The van der Waals surface area contributed by atoms with Crippen molar-refractivity contribution < 1.29 is 28.6 Å². The molecule has 0 fully saturated rings. The van der Waals surface area contributed by atoms with Gasteiger partial charge in [-0.3, -0.25) is 14.4 Å². The summed E-state index contributed by atoms with van der Waals surface area (Å²) < 4.78 is 16.7. The van der Waals surface area contributed by atoms with E-state index in [-0.39, 0.29) is 31.1 Å². The van der Waals surface area contributed by atoms with Gasteiger partial charge in [-0.2, -0.15) is 0 Å². The number of esters is 3. The predicted molar refractivity (Wildman–Crippen MR) is 215 cm³/mol. The van der Waals surface area contributed by atoms with Gasteiger partial charge in [0.1, 0.15) is 13.2 Å². The van der Waals surface area contributed by atoms with E-state index < -0.39 is 6.10 Å². The van der Waals surface area contributed by atoms with Crippen LogP contribution in [0.4, 0.5) is 0 Å². The Morgan fingerprint density at radius 1 is 0.392 bits per heavy atom. The molecule has 0 N–H and O–H groups in total. The van der Waals surface area contributed by atoms with Gasteiger partial charge in [0, 0.05) is 19.3 Å². The number of hydrogen-bond acceptors (Lipinski definition) is 6. The van der Waals surface area contributed by atoms with Gasteiger partial charge in [0.25, 0.3) is 0 Å². The lowest BCUT2D eigenvalue weighted by molar-refractivity contribution is -0.167. The maximum atomic E-state index is 12.6. The molecular weight excluding hydrogens is 636 g/mol. The van der Waals surface area contributed by atoms with Crippen molar-refractivity contribution in [3.8, 4) is 0 Å². The Hall–Kier alpha value is -1.59. The van der Waals surface area contributed by atoms with Crippen LogP contribution in [0.3, 0.4) is 0 Å². The van der Waals surface area contributed by atoms with Gasteiger partial charge >= 0.3 is 17.9 Å². The summed E-state index contributed by atoms with van der Waals surface area (Å²) in [6, 6.07) is 0. The molecule has 0 aromatic rings. The smallest absolute Gasteiger partial charge is 0.306 e. The van der Waals surface area contributed by atoms with Crippen molar-refractivity contribution in [2.24, 2.45) is 5.92 Å². The molecule has 0 aliphatic heterocycles. The lowest BCUT2D eigenvalue weighted by atomic mass is 9.99. The molecule has 0 amide bonds. The number of carbonyl (C=O) groups is 3. The molecule has 0 rings (SSSR count). The molecule has 0 bridgehead atoms. The molecule has 302 valence electrons. The quantitative estimate of drug-likeness (QED) is 0.0356. The van der Waals surface area contributed by atoms with Crippen LogP contribution in [0.5, 0.6) is 0 Å². The minimum atomic E-state index is -0.758. The zero-order valence-electron chi connectivity index (χ0n) is 34.6. The number of rotatable bonds is 40. The average molecular weight is 723 g/mol. The number of carbonyl (C=O) groups excluding carboxylic acids is 3. The van der Waals surface area contributed by atoms with E-state index in [9.17, 15) is 14.4 Å². The van der Waals surface area contributed by atoms with Crippen LogP contribution in [-0.4, -0.2) is 37.2 Å². The topological polar surface area (TPSA) is 78.9 Å². The minimum absolute atomic E-state index is 0.0643. The molecule has 0 aliphatic carbocycles. The molecule has 2 atom stereocenters. The van der Waals surface area contributed by atoms with E-state index >= 15 is 0 Å². The van der Waals surface area contributed by atoms with E-state index in [1.54, 1.807) is 0 Å². The number of ether oxygens (including phenoxy) is 3. The van der Waals surface area contributed by atoms with Crippen LogP contribution in [-0.2, 0) is 28.6 Å². The number of unbranched alkanes of at least 4 members (excludes halogenated alkanes) is 26. The Morgan fingerprint density at radius 3 is 1.02 bits per heavy atom. The zero-order valence-corrected chi connectivity index (χ0v) is 34.6. The van der Waals surface area contributed by atoms with Gasteiger partial charge in [-0.1, -0.05) is 207 Å². The Labute approximate surface area is 317 Å². The largest absolute Gasteiger partial charge is 0.462 e. The van der Waals surface area contributed by atoms with Gasteiger partial charge < -0.3 is 14.2 Å². The maximum Gasteiger partial charge on any atom is 0.306 e. The normalized spacial score (nSPS) is 12.5. The van der Waals surface area contributed by atoms with Crippen LogP contribution >= 0.6 is 0 Å². The predicted octanol–water partition coefficient (Wildman–Crippen LogP) is 13.9. The molecule has 0 saturated carbocycles. The van der Waals surface area contributed by atoms with Crippen LogP contribution in [0.15, 0.2) is 0 Å². The summed E-state index contributed by atoms with van der Waals surface area (Å²) in [6.45, 7) is 8.97. The highest BCUT2D eigenvalue weighted by atomic mass is 16.6. The second kappa shape index (κ2) is 39.6. The fourth-order valence-electron chi connectivity index (χ4n) is 6.59. The first-order valence-electron chi connectivity index (χ1n) is 22.4. The molecule has 1 unspecified atom stereocenters. The molecule has 0 aromatic heterocycles. The van der Waals surface area contributed by atoms with Crippen molar-refractivity contribution in [1.82, 2.24) is 0 Å². The highest BCUT2D eigenvalue weighted by Gasteiger charge is 2.19. The summed E-state index contributed by atoms with van der Waals surface area (Å²) in [5.41, 5.74) is 0. The maximum absolute atomic E-state index is 12.6. The highest BCUT2D eigenvalue weighted by molar-refractivity contribution is 5.71. The SMILES string of the molecule is CCCCCCCCCCCCCCC(=O)OC[C@@H](COC(=O)CCCCCCCCCCC(C)CC)OC(=O)CCCCCCCCCCC. The first-order chi connectivity index (χ1) is 24.9. The molecule has 6 heteroatoms. The summed E-state index contributed by atoms with van der Waals surface area (Å²) >= 11 is 0. The van der Waals surface area contributed by atoms with Crippen molar-refractivity contribution in [1.29, 1.82) is 0 Å². The standard InChI is InChI=1S/C45H86O6/c1-5-8-10-12-14-16-17-18-20-24-28-32-36-43(46)49-39-42(51-45(48)38-34-30-26-19-15-13-11-9-6-2)40-50-44(47)37-33-29-25-22-21-23-27-31-35-41(4)7-3/h41-42H,5-40H2,1-4H3/t41?,42-/m0/s1. The molecule has 0 radical (unpaired) electrons. The molecule has 6 nitrogen and oxygen atoms in total. The summed E-state index contributed by atoms with van der Waals surface area (Å²) in [4.78, 5) is 37.6. The summed E-state index contributed by atoms with van der Waals surface area (Å²) in [6.07, 6.45) is 37.9. The molecule has 0 saturated heterocycles. The van der Waals surface area contributed by atoms with E-state index in [0.29, 0.717) is 19.3 Å². The number of hydrogen-bond donors (Lipinski definition) is 0. The van der Waals surface area contributed by atoms with E-state index in [2.05, 4.69) is 27.7 Å². The third kappa shape index (κ3) is 38.0.